The molecule has 1 atom stereocenters. The molecule has 29 heavy (non-hydrogen) atoms. The van der Waals surface area contributed by atoms with Crippen LogP contribution in [0.2, 0.25) is 0 Å². The zero-order chi connectivity index (χ0) is 21.4. The summed E-state index contributed by atoms with van der Waals surface area (Å²) in [6, 6.07) is 10.7. The topological polar surface area (TPSA) is 68.8 Å². The van der Waals surface area contributed by atoms with Gasteiger partial charge in [0.25, 0.3) is 0 Å². The molecule has 2 amide bonds. The van der Waals surface area contributed by atoms with E-state index in [1.807, 2.05) is 19.1 Å². The molecule has 0 bridgehead atoms. The highest BCUT2D eigenvalue weighted by Gasteiger charge is 2.29. The van der Waals surface area contributed by atoms with Crippen LogP contribution in [0, 0.1) is 0 Å². The normalized spacial score (nSPS) is 12.1. The Kier molecular flexibility index (Phi) is 7.58. The summed E-state index contributed by atoms with van der Waals surface area (Å²) in [6.45, 7) is 0.458. The zero-order valence-corrected chi connectivity index (χ0v) is 16.3. The number of hydrogen-bond donors (Lipinski definition) is 2. The zero-order valence-electron chi connectivity index (χ0n) is 16.3. The lowest BCUT2D eigenvalue weighted by Gasteiger charge is -2.19. The molecule has 0 aromatic heterocycles. The molecule has 6 nitrogen and oxygen atoms in total. The lowest BCUT2D eigenvalue weighted by atomic mass is 10.0. The average molecular weight is 412 g/mol. The van der Waals surface area contributed by atoms with Crippen LogP contribution in [-0.2, 0) is 0 Å². The van der Waals surface area contributed by atoms with Gasteiger partial charge in [0.05, 0.1) is 20.3 Å². The minimum Gasteiger partial charge on any atom is -0.497 e. The summed E-state index contributed by atoms with van der Waals surface area (Å²) in [6.07, 6.45) is -3.85. The number of carbonyl (C=O) groups is 1. The van der Waals surface area contributed by atoms with Crippen LogP contribution in [-0.4, -0.2) is 33.0 Å². The Morgan fingerprint density at radius 3 is 2.28 bits per heavy atom. The molecule has 2 aromatic carbocycles. The van der Waals surface area contributed by atoms with E-state index in [0.717, 1.165) is 5.56 Å². The number of hydrogen-bond acceptors (Lipinski definition) is 4. The molecule has 2 rings (SSSR count). The van der Waals surface area contributed by atoms with Crippen molar-refractivity contribution in [3.05, 3.63) is 48.0 Å². The first-order chi connectivity index (χ1) is 13.8. The maximum atomic E-state index is 12.4. The molecular formula is C20H23F3N2O4. The van der Waals surface area contributed by atoms with Crippen molar-refractivity contribution in [3.8, 4) is 17.2 Å². The quantitative estimate of drug-likeness (QED) is 0.646. The van der Waals surface area contributed by atoms with E-state index in [-0.39, 0.29) is 23.2 Å². The van der Waals surface area contributed by atoms with Gasteiger partial charge in [0.15, 0.2) is 18.1 Å². The molecule has 0 aliphatic heterocycles. The molecular weight excluding hydrogens is 389 g/mol. The van der Waals surface area contributed by atoms with E-state index < -0.39 is 18.8 Å². The molecule has 0 radical (unpaired) electrons. The van der Waals surface area contributed by atoms with Gasteiger partial charge < -0.3 is 24.8 Å². The number of carbonyl (C=O) groups excluding carboxylic acids is 1. The third-order valence-corrected chi connectivity index (χ3v) is 4.04. The Morgan fingerprint density at radius 1 is 1.03 bits per heavy atom. The number of alkyl halides is 3. The van der Waals surface area contributed by atoms with E-state index in [0.29, 0.717) is 12.2 Å². The van der Waals surface area contributed by atoms with Crippen molar-refractivity contribution in [3.63, 3.8) is 0 Å². The number of amides is 2. The van der Waals surface area contributed by atoms with Crippen LogP contribution in [0.4, 0.5) is 23.7 Å². The third-order valence-electron chi connectivity index (χ3n) is 4.04. The smallest absolute Gasteiger partial charge is 0.422 e. The fraction of sp³-hybridized carbons (Fsp3) is 0.350. The molecule has 0 aliphatic rings. The second-order valence-electron chi connectivity index (χ2n) is 6.10. The standard InChI is InChI=1S/C20H23F3N2O4/c1-4-16(13-5-8-15(27-2)9-6-13)25-19(26)24-14-7-10-17(28-3)18(11-14)29-12-20(21,22)23/h5-11,16H,4,12H2,1-3H3,(H2,24,25,26). The van der Waals surface area contributed by atoms with Crippen molar-refractivity contribution in [2.24, 2.45) is 0 Å². The maximum Gasteiger partial charge on any atom is 0.422 e. The van der Waals surface area contributed by atoms with Gasteiger partial charge in [-0.2, -0.15) is 13.2 Å². The van der Waals surface area contributed by atoms with Crippen LogP contribution >= 0.6 is 0 Å². The summed E-state index contributed by atoms with van der Waals surface area (Å²) < 4.78 is 52.2. The summed E-state index contributed by atoms with van der Waals surface area (Å²) in [5, 5.41) is 5.43. The van der Waals surface area contributed by atoms with Gasteiger partial charge in [0, 0.05) is 11.8 Å². The van der Waals surface area contributed by atoms with Crippen molar-refractivity contribution >= 4 is 11.7 Å². The minimum atomic E-state index is -4.49. The monoisotopic (exact) mass is 412 g/mol. The van der Waals surface area contributed by atoms with Crippen LogP contribution in [0.25, 0.3) is 0 Å². The molecule has 0 fully saturated rings. The summed E-state index contributed by atoms with van der Waals surface area (Å²) in [4.78, 5) is 12.4. The van der Waals surface area contributed by atoms with E-state index in [4.69, 9.17) is 14.2 Å². The first kappa shape index (κ1) is 22.2. The van der Waals surface area contributed by atoms with Crippen LogP contribution in [0.15, 0.2) is 42.5 Å². The Hall–Kier alpha value is -3.10. The fourth-order valence-corrected chi connectivity index (χ4v) is 2.61. The van der Waals surface area contributed by atoms with E-state index >= 15 is 0 Å². The predicted octanol–water partition coefficient (Wildman–Crippen LogP) is 4.92. The second-order valence-corrected chi connectivity index (χ2v) is 6.10. The molecule has 0 saturated heterocycles. The van der Waals surface area contributed by atoms with Gasteiger partial charge in [0.2, 0.25) is 0 Å². The van der Waals surface area contributed by atoms with Gasteiger partial charge in [-0.05, 0) is 36.2 Å². The Bertz CT molecular complexity index is 810. The number of rotatable bonds is 8. The molecule has 1 unspecified atom stereocenters. The Labute approximate surface area is 167 Å². The van der Waals surface area contributed by atoms with Gasteiger partial charge in [-0.25, -0.2) is 4.79 Å². The van der Waals surface area contributed by atoms with Gasteiger partial charge in [-0.3, -0.25) is 0 Å². The van der Waals surface area contributed by atoms with Crippen molar-refractivity contribution in [1.82, 2.24) is 5.32 Å². The number of anilines is 1. The molecule has 158 valence electrons. The predicted molar refractivity (Wildman–Crippen MR) is 103 cm³/mol. The van der Waals surface area contributed by atoms with Crippen LogP contribution in [0.1, 0.15) is 24.9 Å². The molecule has 0 saturated carbocycles. The van der Waals surface area contributed by atoms with Crippen molar-refractivity contribution in [2.45, 2.75) is 25.6 Å². The molecule has 0 heterocycles. The van der Waals surface area contributed by atoms with E-state index in [1.54, 1.807) is 19.2 Å². The number of urea groups is 1. The van der Waals surface area contributed by atoms with Crippen molar-refractivity contribution in [2.75, 3.05) is 26.1 Å². The third kappa shape index (κ3) is 6.78. The average Bonchev–Trinajstić information content (AvgIpc) is 2.70. The van der Waals surface area contributed by atoms with Crippen LogP contribution in [0.5, 0.6) is 17.2 Å². The first-order valence-corrected chi connectivity index (χ1v) is 8.84. The fourth-order valence-electron chi connectivity index (χ4n) is 2.61. The van der Waals surface area contributed by atoms with Crippen molar-refractivity contribution in [1.29, 1.82) is 0 Å². The Morgan fingerprint density at radius 2 is 1.72 bits per heavy atom. The lowest BCUT2D eigenvalue weighted by Crippen LogP contribution is -2.32. The highest BCUT2D eigenvalue weighted by molar-refractivity contribution is 5.90. The number of benzene rings is 2. The molecule has 0 spiro atoms. The molecule has 2 N–H and O–H groups in total. The van der Waals surface area contributed by atoms with E-state index in [2.05, 4.69) is 10.6 Å². The summed E-state index contributed by atoms with van der Waals surface area (Å²) in [5.74, 6) is 0.715. The Balaban J connectivity index is 2.06. The van der Waals surface area contributed by atoms with Crippen LogP contribution < -0.4 is 24.8 Å². The summed E-state index contributed by atoms with van der Waals surface area (Å²) in [5.41, 5.74) is 1.16. The molecule has 9 heteroatoms. The molecule has 0 aliphatic carbocycles. The number of nitrogens with one attached hydrogen (secondary N) is 2. The molecule has 2 aromatic rings. The second kappa shape index (κ2) is 9.90. The largest absolute Gasteiger partial charge is 0.497 e. The minimum absolute atomic E-state index is 0.121. The summed E-state index contributed by atoms with van der Waals surface area (Å²) in [7, 11) is 2.88. The highest BCUT2D eigenvalue weighted by Crippen LogP contribution is 2.31. The van der Waals surface area contributed by atoms with Gasteiger partial charge in [0.1, 0.15) is 5.75 Å². The van der Waals surface area contributed by atoms with Gasteiger partial charge in [-0.15, -0.1) is 0 Å². The first-order valence-electron chi connectivity index (χ1n) is 8.84. The highest BCUT2D eigenvalue weighted by atomic mass is 19.4. The van der Waals surface area contributed by atoms with Gasteiger partial charge in [-0.1, -0.05) is 19.1 Å². The number of halogens is 3. The number of ether oxygens (including phenoxy) is 3. The lowest BCUT2D eigenvalue weighted by molar-refractivity contribution is -0.153. The maximum absolute atomic E-state index is 12.4. The van der Waals surface area contributed by atoms with Crippen molar-refractivity contribution < 1.29 is 32.2 Å². The number of methoxy groups -OCH3 is 2. The van der Waals surface area contributed by atoms with E-state index in [1.165, 1.54) is 25.3 Å². The van der Waals surface area contributed by atoms with Crippen LogP contribution in [0.3, 0.4) is 0 Å². The van der Waals surface area contributed by atoms with Gasteiger partial charge >= 0.3 is 12.2 Å². The summed E-state index contributed by atoms with van der Waals surface area (Å²) >= 11 is 0. The van der Waals surface area contributed by atoms with E-state index in [9.17, 15) is 18.0 Å². The SMILES string of the molecule is CCC(NC(=O)Nc1ccc(OC)c(OCC(F)(F)F)c1)c1ccc(OC)cc1.